The SMILES string of the molecule is FC(F)(F)c1ccc(-c2ccc3c(c2)c2cc(-c4ccc(C(F)(F)F)cc4C(F)(F)F)ccc2n3-c2cc(-c3nc(-c4ccccc4)nc(-c4ccccc4)n3)cc(-n3c4ccc(-c5ccc(C(F)(F)F)cc5C(F)(F)F)cc4c4cc(-c5ccc(C(F)(F)F)cc5C(F)(F)F)ccc43)c2C(F)(F)F)c(C(F)(F)F)c1. The first-order chi connectivity index (χ1) is 51.2. The second-order valence-corrected chi connectivity index (χ2v) is 25.0. The lowest BCUT2D eigenvalue weighted by atomic mass is 9.94. The Morgan fingerprint density at radius 3 is 0.655 bits per heavy atom. The van der Waals surface area contributed by atoms with Crippen molar-refractivity contribution < 1.29 is 119 Å². The number of benzene rings is 11. The zero-order valence-corrected chi connectivity index (χ0v) is 54.2. The molecule has 11 aromatic carbocycles. The zero-order chi connectivity index (χ0) is 79.3. The smallest absolute Gasteiger partial charge is 0.309 e. The van der Waals surface area contributed by atoms with Crippen molar-refractivity contribution in [3.63, 3.8) is 0 Å². The molecule has 110 heavy (non-hydrogen) atoms. The minimum absolute atomic E-state index is 0.183. The normalized spacial score (nSPS) is 13.2. The second kappa shape index (κ2) is 25.9. The maximum absolute atomic E-state index is 17.6. The van der Waals surface area contributed by atoms with E-state index in [0.717, 1.165) is 94.1 Å². The van der Waals surface area contributed by atoms with Crippen LogP contribution >= 0.6 is 0 Å². The van der Waals surface area contributed by atoms with Crippen molar-refractivity contribution in [2.45, 2.75) is 55.6 Å². The fourth-order valence-electron chi connectivity index (χ4n) is 13.4. The molecule has 0 atom stereocenters. The maximum atomic E-state index is 17.6. The molecular weight excluding hydrogens is 1520 g/mol. The average Bonchev–Trinajstić information content (AvgIpc) is 1.53. The van der Waals surface area contributed by atoms with Gasteiger partial charge in [0.1, 0.15) is 5.56 Å². The number of aromatic nitrogens is 5. The van der Waals surface area contributed by atoms with E-state index < -0.39 is 217 Å². The summed E-state index contributed by atoms with van der Waals surface area (Å²) >= 11 is 0. The molecule has 3 heterocycles. The molecule has 0 aliphatic rings. The van der Waals surface area contributed by atoms with Gasteiger partial charge in [0.15, 0.2) is 17.5 Å². The van der Waals surface area contributed by atoms with E-state index in [-0.39, 0.29) is 71.3 Å². The highest BCUT2D eigenvalue weighted by Gasteiger charge is 2.45. The van der Waals surface area contributed by atoms with Gasteiger partial charge in [-0.25, -0.2) is 15.0 Å². The van der Waals surface area contributed by atoms with Gasteiger partial charge in [-0.1, -0.05) is 109 Å². The van der Waals surface area contributed by atoms with Gasteiger partial charge in [-0.2, -0.15) is 119 Å². The molecule has 0 N–H and O–H groups in total. The van der Waals surface area contributed by atoms with E-state index in [1.807, 2.05) is 0 Å². The van der Waals surface area contributed by atoms with Gasteiger partial charge >= 0.3 is 55.6 Å². The molecule has 3 aromatic heterocycles. The predicted octanol–water partition coefficient (Wildman–Crippen LogP) is 26.9. The third-order valence-corrected chi connectivity index (χ3v) is 18.2. The molecule has 0 radical (unpaired) electrons. The Morgan fingerprint density at radius 1 is 0.200 bits per heavy atom. The third-order valence-electron chi connectivity index (χ3n) is 18.2. The Morgan fingerprint density at radius 2 is 0.436 bits per heavy atom. The summed E-state index contributed by atoms with van der Waals surface area (Å²) in [5, 5.41) is -2.09. The van der Waals surface area contributed by atoms with Crippen LogP contribution in [0.5, 0.6) is 0 Å². The van der Waals surface area contributed by atoms with Crippen LogP contribution in [-0.2, 0) is 55.6 Å². The molecule has 5 nitrogen and oxygen atoms in total. The van der Waals surface area contributed by atoms with Gasteiger partial charge in [0.05, 0.1) is 77.9 Å². The van der Waals surface area contributed by atoms with Crippen LogP contribution in [0.2, 0.25) is 0 Å². The summed E-state index contributed by atoms with van der Waals surface area (Å²) in [6.45, 7) is 0. The van der Waals surface area contributed by atoms with Crippen LogP contribution in [-0.4, -0.2) is 24.1 Å². The fourth-order valence-corrected chi connectivity index (χ4v) is 13.4. The molecule has 0 aliphatic heterocycles. The van der Waals surface area contributed by atoms with E-state index in [1.165, 1.54) is 24.3 Å². The monoisotopic (exact) mass is 1560 g/mol. The van der Waals surface area contributed by atoms with Crippen LogP contribution in [0.3, 0.4) is 0 Å². The van der Waals surface area contributed by atoms with Crippen LogP contribution < -0.4 is 0 Å². The highest BCUT2D eigenvalue weighted by Crippen LogP contribution is 2.52. The van der Waals surface area contributed by atoms with E-state index in [1.54, 1.807) is 36.4 Å². The lowest BCUT2D eigenvalue weighted by Gasteiger charge is -2.23. The van der Waals surface area contributed by atoms with E-state index in [4.69, 9.17) is 9.97 Å². The van der Waals surface area contributed by atoms with Gasteiger partial charge in [-0.05, 0) is 154 Å². The molecule has 0 amide bonds. The summed E-state index contributed by atoms with van der Waals surface area (Å²) in [5.74, 6) is -0.896. The van der Waals surface area contributed by atoms with Crippen LogP contribution in [0.15, 0.2) is 218 Å². The predicted molar refractivity (Wildman–Crippen MR) is 352 cm³/mol. The van der Waals surface area contributed by atoms with Gasteiger partial charge in [0.2, 0.25) is 0 Å². The van der Waals surface area contributed by atoms with Crippen molar-refractivity contribution >= 4 is 43.6 Å². The molecule has 32 heteroatoms. The minimum Gasteiger partial charge on any atom is -0.309 e. The van der Waals surface area contributed by atoms with Gasteiger partial charge in [0, 0.05) is 38.2 Å². The molecule has 0 saturated heterocycles. The molecule has 14 rings (SSSR count). The fraction of sp³-hybridized carbons (Fsp3) is 0.115. The van der Waals surface area contributed by atoms with Crippen molar-refractivity contribution in [3.05, 3.63) is 268 Å². The lowest BCUT2D eigenvalue weighted by molar-refractivity contribution is -0.144. The van der Waals surface area contributed by atoms with Crippen molar-refractivity contribution in [1.29, 1.82) is 0 Å². The van der Waals surface area contributed by atoms with Crippen LogP contribution in [0.25, 0.3) is 134 Å². The highest BCUT2D eigenvalue weighted by atomic mass is 19.4. The highest BCUT2D eigenvalue weighted by molar-refractivity contribution is 6.14. The molecule has 0 unspecified atom stereocenters. The number of nitrogens with zero attached hydrogens (tertiary/aromatic N) is 5. The lowest BCUT2D eigenvalue weighted by Crippen LogP contribution is -2.16. The molecule has 0 saturated carbocycles. The number of hydrogen-bond acceptors (Lipinski definition) is 3. The number of rotatable bonds is 9. The summed E-state index contributed by atoms with van der Waals surface area (Å²) in [5.41, 5.74) is -27.9. The summed E-state index contributed by atoms with van der Waals surface area (Å²) in [7, 11) is 0. The molecule has 14 aromatic rings. The van der Waals surface area contributed by atoms with Gasteiger partial charge in [0.25, 0.3) is 0 Å². The first-order valence-electron chi connectivity index (χ1n) is 31.7. The average molecular weight is 1560 g/mol. The van der Waals surface area contributed by atoms with Crippen LogP contribution in [0.4, 0.5) is 119 Å². The molecule has 0 bridgehead atoms. The first kappa shape index (κ1) is 75.0. The largest absolute Gasteiger partial charge is 0.420 e. The minimum atomic E-state index is -5.86. The Hall–Kier alpha value is -11.9. The molecular formula is C78H36F27N5. The summed E-state index contributed by atoms with van der Waals surface area (Å²) in [6, 6.07) is 28.7. The molecule has 0 spiro atoms. The van der Waals surface area contributed by atoms with E-state index >= 15 is 65.9 Å². The first-order valence-corrected chi connectivity index (χ1v) is 31.7. The van der Waals surface area contributed by atoms with Crippen molar-refractivity contribution in [2.24, 2.45) is 0 Å². The van der Waals surface area contributed by atoms with Gasteiger partial charge in [-0.3, -0.25) is 0 Å². The van der Waals surface area contributed by atoms with E-state index in [2.05, 4.69) is 4.98 Å². The van der Waals surface area contributed by atoms with Crippen LogP contribution in [0, 0.1) is 0 Å². The Balaban J connectivity index is 1.15. The quantitative estimate of drug-likeness (QED) is 0.135. The molecule has 562 valence electrons. The number of halogens is 27. The van der Waals surface area contributed by atoms with E-state index in [0.29, 0.717) is 24.3 Å². The zero-order valence-electron chi connectivity index (χ0n) is 54.2. The number of fused-ring (bicyclic) bond motifs is 6. The van der Waals surface area contributed by atoms with Crippen molar-refractivity contribution in [1.82, 2.24) is 24.1 Å². The maximum Gasteiger partial charge on any atom is 0.420 e. The summed E-state index contributed by atoms with van der Waals surface area (Å²) in [4.78, 5) is 14.0. The topological polar surface area (TPSA) is 48.5 Å². The van der Waals surface area contributed by atoms with Crippen molar-refractivity contribution in [3.8, 4) is 90.0 Å². The Bertz CT molecular complexity index is 5390. The third kappa shape index (κ3) is 13.9. The summed E-state index contributed by atoms with van der Waals surface area (Å²) < 4.78 is 405. The number of hydrogen-bond donors (Lipinski definition) is 0. The summed E-state index contributed by atoms with van der Waals surface area (Å²) in [6.07, 6.45) is -49.9. The standard InChI is InChI=1S/C78H36F27N5/c79-70(80,81)44-15-19-48(56(33-44)74(91,92)93)39-11-23-60-52(27-39)53-28-40(49-20-16-45(71(82,83)84)34-57(49)75(94,95)96)12-24-61(53)109(60)64-31-43(69-107-67(37-7-3-1-4-8-37)106-68(108-69)38-9-5-2-6-10-38)32-65(66(64)78(103,104)105)110-62-25-13-41(50-21-17-46(72(85,86)87)35-58(50)76(97,98)99)29-54(62)55-30-42(14-26-63(55)110)51-22-18-47(73(88,89)90)36-59(51)77(100,101)102/h1-36H. The Labute approximate surface area is 598 Å². The van der Waals surface area contributed by atoms with Crippen molar-refractivity contribution in [2.75, 3.05) is 0 Å². The molecule has 0 aliphatic carbocycles. The Kier molecular flexibility index (Phi) is 17.7. The molecule has 0 fully saturated rings. The second-order valence-electron chi connectivity index (χ2n) is 25.0. The van der Waals surface area contributed by atoms with Gasteiger partial charge < -0.3 is 9.13 Å². The van der Waals surface area contributed by atoms with Crippen LogP contribution in [0.1, 0.15) is 50.1 Å². The van der Waals surface area contributed by atoms with E-state index in [9.17, 15) is 52.7 Å². The number of alkyl halides is 27. The van der Waals surface area contributed by atoms with Gasteiger partial charge in [-0.15, -0.1) is 0 Å².